The molecule has 0 aliphatic rings. The number of para-hydroxylation sites is 4. The van der Waals surface area contributed by atoms with Crippen molar-refractivity contribution in [3.63, 3.8) is 0 Å². The zero-order valence-electron chi connectivity index (χ0n) is 42.4. The molecular weight excluding hydrogens is 935 g/mol. The second kappa shape index (κ2) is 21.6. The monoisotopic (exact) mass is 989 g/mol. The fourth-order valence-corrected chi connectivity index (χ4v) is 10.3. The van der Waals surface area contributed by atoms with Crippen molar-refractivity contribution in [1.29, 1.82) is 0 Å². The van der Waals surface area contributed by atoms with Crippen molar-refractivity contribution in [2.75, 3.05) is 16.8 Å². The average Bonchev–Trinajstić information content (AvgIpc) is 4.05. The highest BCUT2D eigenvalue weighted by atomic mass is 15.0. The van der Waals surface area contributed by atoms with E-state index >= 15 is 0 Å². The highest BCUT2D eigenvalue weighted by Crippen LogP contribution is 2.37. The number of nitrogens with one attached hydrogen (secondary N) is 1. The Morgan fingerprint density at radius 3 is 0.870 bits per heavy atom. The van der Waals surface area contributed by atoms with Crippen molar-refractivity contribution in [1.82, 2.24) is 9.13 Å². The van der Waals surface area contributed by atoms with Gasteiger partial charge in [-0.25, -0.2) is 0 Å². The molecule has 0 spiro atoms. The Bertz CT molecular complexity index is 4240. The zero-order valence-corrected chi connectivity index (χ0v) is 42.4. The van der Waals surface area contributed by atoms with Crippen LogP contribution in [0.25, 0.3) is 99.5 Å². The van der Waals surface area contributed by atoms with Gasteiger partial charge in [0.1, 0.15) is 0 Å². The molecule has 12 aromatic carbocycles. The van der Waals surface area contributed by atoms with E-state index in [1.807, 2.05) is 60.7 Å². The number of hydrogen-bond acceptors (Lipinski definition) is 3. The summed E-state index contributed by atoms with van der Waals surface area (Å²) < 4.78 is 4.68. The van der Waals surface area contributed by atoms with Gasteiger partial charge in [-0.15, -0.1) is 0 Å². The molecule has 2 heterocycles. The number of anilines is 4. The van der Waals surface area contributed by atoms with Crippen LogP contribution in [0.2, 0.25) is 0 Å². The minimum Gasteiger partial charge on any atom is -0.399 e. The van der Waals surface area contributed by atoms with Crippen LogP contribution in [0, 0.1) is 0 Å². The number of aromatic nitrogens is 2. The Hall–Kier alpha value is -10.4. The summed E-state index contributed by atoms with van der Waals surface area (Å²) in [5, 5.41) is 8.60. The van der Waals surface area contributed by atoms with Gasteiger partial charge in [0.25, 0.3) is 0 Å². The van der Waals surface area contributed by atoms with Gasteiger partial charge in [0, 0.05) is 55.7 Å². The molecule has 0 aliphatic carbocycles. The number of nitrogen functional groups attached to an aromatic ring is 2. The maximum Gasteiger partial charge on any atom is 0.0541 e. The highest BCUT2D eigenvalue weighted by molar-refractivity contribution is 6.11. The van der Waals surface area contributed by atoms with Crippen LogP contribution in [0.15, 0.2) is 303 Å². The third kappa shape index (κ3) is 10.2. The van der Waals surface area contributed by atoms with Crippen LogP contribution >= 0.6 is 0 Å². The van der Waals surface area contributed by atoms with Gasteiger partial charge in [-0.2, -0.15) is 0 Å². The van der Waals surface area contributed by atoms with Gasteiger partial charge in [-0.3, -0.25) is 0 Å². The quantitative estimate of drug-likeness (QED) is 0.133. The van der Waals surface area contributed by atoms with E-state index in [1.54, 1.807) is 0 Å². The lowest BCUT2D eigenvalue weighted by Gasteiger charge is -2.10. The van der Waals surface area contributed by atoms with Gasteiger partial charge in [-0.1, -0.05) is 194 Å². The molecule has 0 saturated heterocycles. The third-order valence-corrected chi connectivity index (χ3v) is 14.1. The van der Waals surface area contributed by atoms with Crippen molar-refractivity contribution in [2.24, 2.45) is 0 Å². The molecule has 5 nitrogen and oxygen atoms in total. The number of fused-ring (bicyclic) bond motifs is 6. The van der Waals surface area contributed by atoms with E-state index in [0.717, 1.165) is 22.7 Å². The van der Waals surface area contributed by atoms with Crippen LogP contribution in [-0.2, 0) is 0 Å². The summed E-state index contributed by atoms with van der Waals surface area (Å²) in [6.07, 6.45) is 0. The van der Waals surface area contributed by atoms with E-state index < -0.39 is 0 Å². The van der Waals surface area contributed by atoms with E-state index in [-0.39, 0.29) is 0 Å². The van der Waals surface area contributed by atoms with Crippen LogP contribution in [0.5, 0.6) is 0 Å². The molecule has 5 N–H and O–H groups in total. The third-order valence-electron chi connectivity index (χ3n) is 14.1. The summed E-state index contributed by atoms with van der Waals surface area (Å²) in [7, 11) is 0. The molecular formula is C72H55N5. The minimum atomic E-state index is 0.788. The summed E-state index contributed by atoms with van der Waals surface area (Å²) in [6.45, 7) is 0. The van der Waals surface area contributed by atoms with Crippen LogP contribution in [0.4, 0.5) is 22.7 Å². The second-order valence-corrected chi connectivity index (χ2v) is 19.1. The second-order valence-electron chi connectivity index (χ2n) is 19.1. The lowest BCUT2D eigenvalue weighted by molar-refractivity contribution is 1.18. The Labute approximate surface area is 449 Å². The molecule has 0 amide bonds. The molecule has 14 rings (SSSR count). The molecule has 0 aliphatic heterocycles. The van der Waals surface area contributed by atoms with Crippen LogP contribution in [0.3, 0.4) is 0 Å². The van der Waals surface area contributed by atoms with Crippen molar-refractivity contribution < 1.29 is 0 Å². The Balaban J connectivity index is 0.000000131. The molecule has 0 unspecified atom stereocenters. The largest absolute Gasteiger partial charge is 0.399 e. The highest BCUT2D eigenvalue weighted by Gasteiger charge is 2.15. The molecule has 0 bridgehead atoms. The average molecular weight is 990 g/mol. The molecule has 2 aromatic heterocycles. The number of benzene rings is 12. The first-order valence-electron chi connectivity index (χ1n) is 26.0. The number of nitrogens with two attached hydrogens (primary N) is 2. The Morgan fingerprint density at radius 2 is 0.494 bits per heavy atom. The summed E-state index contributed by atoms with van der Waals surface area (Å²) in [6, 6.07) is 106. The van der Waals surface area contributed by atoms with E-state index in [4.69, 9.17) is 11.5 Å². The number of nitrogens with zero attached hydrogens (tertiary/aromatic N) is 2. The van der Waals surface area contributed by atoms with Crippen molar-refractivity contribution in [2.45, 2.75) is 0 Å². The van der Waals surface area contributed by atoms with Crippen LogP contribution < -0.4 is 16.8 Å². The fourth-order valence-electron chi connectivity index (χ4n) is 10.3. The Kier molecular flexibility index (Phi) is 13.4. The van der Waals surface area contributed by atoms with Gasteiger partial charge in [0.05, 0.1) is 22.1 Å². The van der Waals surface area contributed by atoms with Crippen LogP contribution in [0.1, 0.15) is 0 Å². The SMILES string of the molecule is Nc1ccc(-c2ccc3c(c2)c2ccccc2n3-c2ccccc2)cc1.Nc1ccc(-c2ccccc2)cc1.c1ccc(-c2ccc(Nc3ccc(-c4ccc5c(c4)c4ccccc4n5-c4ccccc4)cc3)cc2)cc1. The molecule has 0 radical (unpaired) electrons. The molecule has 368 valence electrons. The molecule has 0 saturated carbocycles. The summed E-state index contributed by atoms with van der Waals surface area (Å²) in [4.78, 5) is 0. The lowest BCUT2D eigenvalue weighted by Crippen LogP contribution is -1.93. The van der Waals surface area contributed by atoms with Crippen LogP contribution in [-0.4, -0.2) is 9.13 Å². The van der Waals surface area contributed by atoms with Gasteiger partial charge in [0.2, 0.25) is 0 Å². The first-order valence-corrected chi connectivity index (χ1v) is 26.0. The normalized spacial score (nSPS) is 11.0. The number of hydrogen-bond donors (Lipinski definition) is 3. The standard InChI is InChI=1S/C36H26N2.C24H18N2.C12H11N/c1-3-9-26(10-4-1)27-15-20-30(21-16-27)37-31-22-17-28(18-23-31)29-19-24-36-34(25-29)33-13-7-8-14-35(33)38(36)32-11-5-2-6-12-32;25-19-13-10-17(11-14-19)18-12-15-24-22(16-18)21-8-4-5-9-23(21)26(24)20-6-2-1-3-7-20;13-12-8-6-11(7-9-12)10-4-2-1-3-5-10/h1-25,37H;1-16H,25H2;1-9H,13H2. The molecule has 77 heavy (non-hydrogen) atoms. The molecule has 0 fully saturated rings. The van der Waals surface area contributed by atoms with Crippen molar-refractivity contribution >= 4 is 66.4 Å². The van der Waals surface area contributed by atoms with Gasteiger partial charge >= 0.3 is 0 Å². The van der Waals surface area contributed by atoms with Crippen molar-refractivity contribution in [3.8, 4) is 55.9 Å². The van der Waals surface area contributed by atoms with E-state index in [0.29, 0.717) is 0 Å². The first kappa shape index (κ1) is 47.6. The summed E-state index contributed by atoms with van der Waals surface area (Å²) >= 11 is 0. The van der Waals surface area contributed by atoms with E-state index in [9.17, 15) is 0 Å². The summed E-state index contributed by atoms with van der Waals surface area (Å²) in [5.74, 6) is 0. The smallest absolute Gasteiger partial charge is 0.0541 e. The first-order chi connectivity index (χ1) is 38.0. The fraction of sp³-hybridized carbons (Fsp3) is 0. The topological polar surface area (TPSA) is 73.9 Å². The van der Waals surface area contributed by atoms with E-state index in [1.165, 1.54) is 99.5 Å². The molecule has 5 heteroatoms. The lowest BCUT2D eigenvalue weighted by atomic mass is 10.0. The van der Waals surface area contributed by atoms with Crippen molar-refractivity contribution in [3.05, 3.63) is 303 Å². The molecule has 14 aromatic rings. The minimum absolute atomic E-state index is 0.788. The number of rotatable bonds is 8. The predicted molar refractivity (Wildman–Crippen MR) is 328 cm³/mol. The predicted octanol–water partition coefficient (Wildman–Crippen LogP) is 18.8. The Morgan fingerprint density at radius 1 is 0.221 bits per heavy atom. The van der Waals surface area contributed by atoms with E-state index in [2.05, 4.69) is 257 Å². The summed E-state index contributed by atoms with van der Waals surface area (Å²) in [5.41, 5.74) is 32.1. The zero-order chi connectivity index (χ0) is 51.9. The maximum absolute atomic E-state index is 5.83. The van der Waals surface area contributed by atoms with Gasteiger partial charge in [-0.05, 0) is 154 Å². The molecule has 0 atom stereocenters. The van der Waals surface area contributed by atoms with Gasteiger partial charge < -0.3 is 25.9 Å². The van der Waals surface area contributed by atoms with Gasteiger partial charge in [0.15, 0.2) is 0 Å². The maximum atomic E-state index is 5.83.